The van der Waals surface area contributed by atoms with Crippen molar-refractivity contribution < 1.29 is 28.0 Å². The van der Waals surface area contributed by atoms with E-state index in [9.17, 15) is 4.57 Å². The Kier molecular flexibility index (Phi) is 23.7. The van der Waals surface area contributed by atoms with Gasteiger partial charge in [0.15, 0.2) is 0 Å². The van der Waals surface area contributed by atoms with E-state index in [4.69, 9.17) is 23.4 Å². The summed E-state index contributed by atoms with van der Waals surface area (Å²) in [6, 6.07) is 0. The Labute approximate surface area is 139 Å². The Morgan fingerprint density at radius 1 is 1.09 bits per heavy atom. The molecule has 0 saturated carbocycles. The molecule has 0 aromatic rings. The molecule has 0 aromatic carbocycles. The van der Waals surface area contributed by atoms with E-state index in [1.54, 1.807) is 0 Å². The van der Waals surface area contributed by atoms with Crippen LogP contribution in [0.1, 0.15) is 27.7 Å². The van der Waals surface area contributed by atoms with Crippen LogP contribution in [0.3, 0.4) is 0 Å². The lowest BCUT2D eigenvalue weighted by Gasteiger charge is -2.20. The average Bonchev–Trinajstić information content (AvgIpc) is 2.46. The van der Waals surface area contributed by atoms with Crippen LogP contribution in [0.15, 0.2) is 13.2 Å². The fraction of sp³-hybridized carbons (Fsp3) is 0.833. The minimum absolute atomic E-state index is 0.426. The molecule has 0 spiro atoms. The van der Waals surface area contributed by atoms with E-state index >= 15 is 0 Å². The number of hydrogen-bond donors (Lipinski definition) is 2. The first-order valence-corrected chi connectivity index (χ1v) is 11.3. The zero-order chi connectivity index (χ0) is 18.0. The quantitative estimate of drug-likeness (QED) is 0.439. The highest BCUT2D eigenvalue weighted by Gasteiger charge is 2.24. The SMILES string of the molecule is C=C.CCOP(=O)(OCC)SCCN(CC)CC.O=[P+](O)O. The van der Waals surface area contributed by atoms with Gasteiger partial charge in [0, 0.05) is 16.9 Å². The zero-order valence-electron chi connectivity index (χ0n) is 13.9. The van der Waals surface area contributed by atoms with E-state index in [0.717, 1.165) is 25.4 Å². The Morgan fingerprint density at radius 3 is 1.73 bits per heavy atom. The van der Waals surface area contributed by atoms with Gasteiger partial charge in [-0.1, -0.05) is 13.8 Å². The lowest BCUT2D eigenvalue weighted by molar-refractivity contribution is 0.236. The maximum absolute atomic E-state index is 12.1. The molecule has 0 aliphatic rings. The van der Waals surface area contributed by atoms with Gasteiger partial charge in [-0.3, -0.25) is 0 Å². The van der Waals surface area contributed by atoms with Gasteiger partial charge in [-0.2, -0.15) is 0 Å². The largest absolute Gasteiger partial charge is 0.692 e. The van der Waals surface area contributed by atoms with Gasteiger partial charge < -0.3 is 13.9 Å². The summed E-state index contributed by atoms with van der Waals surface area (Å²) in [6.07, 6.45) is 0. The summed E-state index contributed by atoms with van der Waals surface area (Å²) >= 11 is 1.30. The zero-order valence-corrected chi connectivity index (χ0v) is 16.5. The molecular formula is C12H30NO6P2S+. The number of hydrogen-bond acceptors (Lipinski definition) is 6. The van der Waals surface area contributed by atoms with Crippen molar-refractivity contribution >= 4 is 26.4 Å². The third-order valence-corrected chi connectivity index (χ3v) is 6.08. The van der Waals surface area contributed by atoms with Gasteiger partial charge in [0.05, 0.1) is 13.2 Å². The lowest BCUT2D eigenvalue weighted by atomic mass is 10.5. The molecule has 0 amide bonds. The fourth-order valence-electron chi connectivity index (χ4n) is 1.25. The molecule has 0 bridgehead atoms. The molecule has 0 unspecified atom stereocenters. The van der Waals surface area contributed by atoms with E-state index in [1.807, 2.05) is 13.8 Å². The maximum Gasteiger partial charge on any atom is 0.692 e. The van der Waals surface area contributed by atoms with Crippen LogP contribution in [0.5, 0.6) is 0 Å². The van der Waals surface area contributed by atoms with Crippen molar-refractivity contribution in [3.8, 4) is 0 Å². The fourth-order valence-corrected chi connectivity index (χ4v) is 4.66. The highest BCUT2D eigenvalue weighted by molar-refractivity contribution is 8.55. The summed E-state index contributed by atoms with van der Waals surface area (Å²) in [7, 11) is -2.87. The van der Waals surface area contributed by atoms with Gasteiger partial charge in [0.2, 0.25) is 0 Å². The molecule has 2 N–H and O–H groups in total. The molecule has 0 fully saturated rings. The Morgan fingerprint density at radius 2 is 1.45 bits per heavy atom. The van der Waals surface area contributed by atoms with Crippen molar-refractivity contribution in [2.45, 2.75) is 27.7 Å². The highest BCUT2D eigenvalue weighted by atomic mass is 32.7. The monoisotopic (exact) mass is 378 g/mol. The van der Waals surface area contributed by atoms with Crippen LogP contribution in [0.4, 0.5) is 0 Å². The molecule has 134 valence electrons. The Balaban J connectivity index is -0.000000516. The molecule has 0 saturated heterocycles. The molecule has 0 radical (unpaired) electrons. The third-order valence-electron chi connectivity index (χ3n) is 2.13. The summed E-state index contributed by atoms with van der Waals surface area (Å²) in [4.78, 5) is 16.5. The first-order valence-electron chi connectivity index (χ1n) is 6.96. The summed E-state index contributed by atoms with van der Waals surface area (Å²) in [6.45, 7) is 14.8. The van der Waals surface area contributed by atoms with E-state index in [0.29, 0.717) is 13.2 Å². The average molecular weight is 378 g/mol. The van der Waals surface area contributed by atoms with Gasteiger partial charge in [-0.05, 0) is 38.3 Å². The standard InChI is InChI=1S/C10H24NO3PS.C2H4.HO3P/c1-5-11(6-2)9-10-16-15(12,13-7-3)14-8-4;1-2;1-4(2)3/h5-10H2,1-4H3;1-2H2;(H-,1,2,3)/p+1. The minimum atomic E-state index is -2.91. The van der Waals surface area contributed by atoms with Crippen molar-refractivity contribution in [3.63, 3.8) is 0 Å². The van der Waals surface area contributed by atoms with E-state index < -0.39 is 15.1 Å². The van der Waals surface area contributed by atoms with Crippen molar-refractivity contribution in [1.82, 2.24) is 4.90 Å². The van der Waals surface area contributed by atoms with Gasteiger partial charge in [-0.25, -0.2) is 4.57 Å². The Bertz CT molecular complexity index is 291. The maximum atomic E-state index is 12.1. The van der Waals surface area contributed by atoms with E-state index in [2.05, 4.69) is 31.9 Å². The van der Waals surface area contributed by atoms with Crippen LogP contribution in [0.25, 0.3) is 0 Å². The van der Waals surface area contributed by atoms with Gasteiger partial charge in [0.25, 0.3) is 0 Å². The predicted octanol–water partition coefficient (Wildman–Crippen LogP) is 3.67. The summed E-state index contributed by atoms with van der Waals surface area (Å²) in [5.41, 5.74) is 0. The molecule has 0 heterocycles. The molecule has 0 aliphatic carbocycles. The molecule has 0 aromatic heterocycles. The molecule has 0 rings (SSSR count). The predicted molar refractivity (Wildman–Crippen MR) is 94.4 cm³/mol. The highest BCUT2D eigenvalue weighted by Crippen LogP contribution is 2.60. The molecule has 7 nitrogen and oxygen atoms in total. The summed E-state index contributed by atoms with van der Waals surface area (Å²) in [5, 5.41) is 0. The second-order valence-electron chi connectivity index (χ2n) is 3.40. The van der Waals surface area contributed by atoms with Crippen LogP contribution in [-0.2, 0) is 18.2 Å². The van der Waals surface area contributed by atoms with Gasteiger partial charge in [0.1, 0.15) is 0 Å². The minimum Gasteiger partial charge on any atom is -0.303 e. The van der Waals surface area contributed by atoms with Crippen LogP contribution in [0, 0.1) is 0 Å². The molecular weight excluding hydrogens is 348 g/mol. The smallest absolute Gasteiger partial charge is 0.303 e. The third kappa shape index (κ3) is 20.2. The second-order valence-corrected chi connectivity index (χ2v) is 8.09. The van der Waals surface area contributed by atoms with Crippen LogP contribution >= 0.6 is 26.4 Å². The Hall–Kier alpha value is 0.220. The van der Waals surface area contributed by atoms with Crippen molar-refractivity contribution in [3.05, 3.63) is 13.2 Å². The number of rotatable bonds is 10. The topological polar surface area (TPSA) is 96.3 Å². The van der Waals surface area contributed by atoms with E-state index in [1.165, 1.54) is 11.4 Å². The summed E-state index contributed by atoms with van der Waals surface area (Å²) in [5.74, 6) is 0.777. The van der Waals surface area contributed by atoms with Crippen LogP contribution < -0.4 is 0 Å². The lowest BCUT2D eigenvalue weighted by Crippen LogP contribution is -2.25. The molecule has 0 aliphatic heterocycles. The van der Waals surface area contributed by atoms with Crippen LogP contribution in [-0.4, -0.2) is 53.3 Å². The summed E-state index contributed by atoms with van der Waals surface area (Å²) < 4.78 is 31.2. The molecule has 10 heteroatoms. The van der Waals surface area contributed by atoms with Crippen molar-refractivity contribution in [1.29, 1.82) is 0 Å². The molecule has 22 heavy (non-hydrogen) atoms. The first kappa shape index (κ1) is 27.1. The number of nitrogens with zero attached hydrogens (tertiary/aromatic N) is 1. The van der Waals surface area contributed by atoms with E-state index in [-0.39, 0.29) is 0 Å². The first-order chi connectivity index (χ1) is 10.3. The van der Waals surface area contributed by atoms with Gasteiger partial charge >= 0.3 is 15.1 Å². The van der Waals surface area contributed by atoms with Crippen molar-refractivity contribution in [2.24, 2.45) is 0 Å². The van der Waals surface area contributed by atoms with Crippen molar-refractivity contribution in [2.75, 3.05) is 38.6 Å². The van der Waals surface area contributed by atoms with Gasteiger partial charge in [-0.15, -0.1) is 22.9 Å². The molecule has 0 atom stereocenters. The normalized spacial score (nSPS) is 10.3. The second kappa shape index (κ2) is 19.3. The van der Waals surface area contributed by atoms with Crippen LogP contribution in [0.2, 0.25) is 0 Å².